The first-order valence-electron chi connectivity index (χ1n) is 9.83. The number of unbranched alkanes of at least 4 members (excludes halogenated alkanes) is 1. The number of amides is 3. The van der Waals surface area contributed by atoms with E-state index in [0.717, 1.165) is 0 Å². The lowest BCUT2D eigenvalue weighted by Gasteiger charge is -2.24. The maximum absolute atomic E-state index is 12.7. The molecule has 13 heteroatoms. The van der Waals surface area contributed by atoms with Crippen molar-refractivity contribution < 1.29 is 34.2 Å². The molecule has 0 saturated carbocycles. The van der Waals surface area contributed by atoms with Crippen molar-refractivity contribution in [1.29, 1.82) is 0 Å². The first kappa shape index (κ1) is 28.6. The van der Waals surface area contributed by atoms with Gasteiger partial charge in [-0.1, -0.05) is 6.42 Å². The molecule has 0 spiro atoms. The van der Waals surface area contributed by atoms with Crippen molar-refractivity contribution in [3.8, 4) is 0 Å². The summed E-state index contributed by atoms with van der Waals surface area (Å²) in [5.41, 5.74) is 11.3. The minimum atomic E-state index is -1.52. The van der Waals surface area contributed by atoms with Crippen LogP contribution in [0.5, 0.6) is 0 Å². The maximum atomic E-state index is 12.7. The van der Waals surface area contributed by atoms with Crippen LogP contribution < -0.4 is 27.4 Å². The normalized spacial score (nSPS) is 14.6. The van der Waals surface area contributed by atoms with Gasteiger partial charge in [0.1, 0.15) is 18.1 Å². The average molecular weight is 464 g/mol. The zero-order chi connectivity index (χ0) is 24.0. The molecule has 0 aromatic rings. The zero-order valence-corrected chi connectivity index (χ0v) is 18.6. The molecule has 0 rings (SSSR count). The van der Waals surface area contributed by atoms with Crippen LogP contribution in [0.25, 0.3) is 0 Å². The third kappa shape index (κ3) is 12.2. The van der Waals surface area contributed by atoms with Crippen LogP contribution in [0.2, 0.25) is 0 Å². The van der Waals surface area contributed by atoms with Crippen molar-refractivity contribution >= 4 is 41.4 Å². The Morgan fingerprint density at radius 2 is 1.48 bits per heavy atom. The Labute approximate surface area is 185 Å². The highest BCUT2D eigenvalue weighted by Gasteiger charge is 2.30. The molecule has 12 nitrogen and oxygen atoms in total. The fourth-order valence-corrected chi connectivity index (χ4v) is 2.93. The van der Waals surface area contributed by atoms with E-state index in [4.69, 9.17) is 21.7 Å². The van der Waals surface area contributed by atoms with Gasteiger partial charge in [0.05, 0.1) is 12.5 Å². The number of rotatable bonds is 16. The van der Waals surface area contributed by atoms with E-state index in [1.165, 1.54) is 18.7 Å². The number of nitrogens with one attached hydrogen (secondary N) is 3. The number of aliphatic carboxylic acids is 2. The molecule has 0 aromatic carbocycles. The minimum absolute atomic E-state index is 0.223. The monoisotopic (exact) mass is 463 g/mol. The van der Waals surface area contributed by atoms with Gasteiger partial charge in [0.25, 0.3) is 0 Å². The first-order valence-corrected chi connectivity index (χ1v) is 11.2. The number of hydrogen-bond acceptors (Lipinski definition) is 8. The van der Waals surface area contributed by atoms with Crippen molar-refractivity contribution in [2.24, 2.45) is 11.5 Å². The van der Waals surface area contributed by atoms with Gasteiger partial charge in [-0.05, 0) is 44.7 Å². The fraction of sp³-hybridized carbons (Fsp3) is 0.722. The molecule has 0 aliphatic carbocycles. The Balaban J connectivity index is 5.23. The molecule has 0 saturated heterocycles. The summed E-state index contributed by atoms with van der Waals surface area (Å²) in [6.07, 6.45) is 3.01. The van der Waals surface area contributed by atoms with Gasteiger partial charge in [-0.3, -0.25) is 24.0 Å². The third-order valence-corrected chi connectivity index (χ3v) is 4.93. The van der Waals surface area contributed by atoms with Crippen molar-refractivity contribution in [3.05, 3.63) is 0 Å². The lowest BCUT2D eigenvalue weighted by Crippen LogP contribution is -2.57. The number of carbonyl (C=O) groups is 5. The van der Waals surface area contributed by atoms with Gasteiger partial charge >= 0.3 is 11.9 Å². The van der Waals surface area contributed by atoms with Crippen LogP contribution in [0.15, 0.2) is 0 Å². The van der Waals surface area contributed by atoms with E-state index in [2.05, 4.69) is 16.0 Å². The summed E-state index contributed by atoms with van der Waals surface area (Å²) in [5, 5.41) is 24.9. The molecular formula is C18H33N5O7S. The fourth-order valence-electron chi connectivity index (χ4n) is 2.45. The van der Waals surface area contributed by atoms with E-state index < -0.39 is 60.2 Å². The Bertz CT molecular complexity index is 634. The Morgan fingerprint density at radius 1 is 0.903 bits per heavy atom. The molecule has 0 aromatic heterocycles. The van der Waals surface area contributed by atoms with Crippen molar-refractivity contribution in [2.45, 2.75) is 63.2 Å². The maximum Gasteiger partial charge on any atom is 0.325 e. The second-order valence-electron chi connectivity index (χ2n) is 6.96. The first-order chi connectivity index (χ1) is 14.5. The van der Waals surface area contributed by atoms with Gasteiger partial charge in [-0.25, -0.2) is 0 Å². The van der Waals surface area contributed by atoms with Gasteiger partial charge in [-0.15, -0.1) is 0 Å². The quantitative estimate of drug-likeness (QED) is 0.128. The predicted octanol–water partition coefficient (Wildman–Crippen LogP) is -1.77. The number of thioether (sulfide) groups is 1. The number of carboxylic acid groups (broad SMARTS) is 2. The molecule has 178 valence electrons. The molecule has 3 amide bonds. The van der Waals surface area contributed by atoms with Crippen LogP contribution in [0.3, 0.4) is 0 Å². The van der Waals surface area contributed by atoms with E-state index in [0.29, 0.717) is 31.6 Å². The molecule has 0 heterocycles. The second kappa shape index (κ2) is 15.4. The second-order valence-corrected chi connectivity index (χ2v) is 7.95. The molecule has 31 heavy (non-hydrogen) atoms. The van der Waals surface area contributed by atoms with Crippen LogP contribution in [0.4, 0.5) is 0 Å². The third-order valence-electron chi connectivity index (χ3n) is 4.29. The van der Waals surface area contributed by atoms with Crippen LogP contribution in [0, 0.1) is 0 Å². The van der Waals surface area contributed by atoms with Gasteiger partial charge in [0.15, 0.2) is 0 Å². The Kier molecular flexibility index (Phi) is 14.2. The molecule has 0 fully saturated rings. The topological polar surface area (TPSA) is 214 Å². The highest BCUT2D eigenvalue weighted by molar-refractivity contribution is 7.98. The van der Waals surface area contributed by atoms with Gasteiger partial charge in [0.2, 0.25) is 17.7 Å². The van der Waals surface area contributed by atoms with Gasteiger partial charge < -0.3 is 37.6 Å². The standard InChI is InChI=1S/C18H33N5O7S/c1-10(18(29)30)21-17(28)13(9-14(24)25)23-16(27)12(6-8-31-2)22-15(26)11(20)5-3-4-7-19/h10-13H,3-9,19-20H2,1-2H3,(H,21,28)(H,22,26)(H,23,27)(H,24,25)(H,29,30). The van der Waals surface area contributed by atoms with Crippen molar-refractivity contribution in [1.82, 2.24) is 16.0 Å². The SMILES string of the molecule is CSCCC(NC(=O)C(N)CCCCN)C(=O)NC(CC(=O)O)C(=O)NC(C)C(=O)O. The molecule has 0 aliphatic heterocycles. The molecule has 4 atom stereocenters. The summed E-state index contributed by atoms with van der Waals surface area (Å²) in [6.45, 7) is 1.67. The number of carboxylic acids is 2. The molecule has 0 bridgehead atoms. The van der Waals surface area contributed by atoms with Gasteiger partial charge in [-0.2, -0.15) is 11.8 Å². The summed E-state index contributed by atoms with van der Waals surface area (Å²) in [5.74, 6) is -4.44. The molecule has 0 radical (unpaired) electrons. The largest absolute Gasteiger partial charge is 0.481 e. The molecule has 9 N–H and O–H groups in total. The number of nitrogens with two attached hydrogens (primary N) is 2. The summed E-state index contributed by atoms with van der Waals surface area (Å²) in [4.78, 5) is 59.3. The Hall–Kier alpha value is -2.38. The van der Waals surface area contributed by atoms with Crippen LogP contribution in [0.1, 0.15) is 39.0 Å². The van der Waals surface area contributed by atoms with E-state index >= 15 is 0 Å². The number of hydrogen-bond donors (Lipinski definition) is 7. The average Bonchev–Trinajstić information content (AvgIpc) is 2.69. The number of carbonyl (C=O) groups excluding carboxylic acids is 3. The van der Waals surface area contributed by atoms with E-state index in [9.17, 15) is 24.0 Å². The summed E-state index contributed by atoms with van der Waals surface area (Å²) in [7, 11) is 0. The summed E-state index contributed by atoms with van der Waals surface area (Å²) < 4.78 is 0. The molecule has 0 aliphatic rings. The van der Waals surface area contributed by atoms with Gasteiger partial charge in [0, 0.05) is 0 Å². The minimum Gasteiger partial charge on any atom is -0.481 e. The predicted molar refractivity (Wildman–Crippen MR) is 115 cm³/mol. The van der Waals surface area contributed by atoms with E-state index in [1.54, 1.807) is 0 Å². The molecular weight excluding hydrogens is 430 g/mol. The lowest BCUT2D eigenvalue weighted by molar-refractivity contribution is -0.143. The van der Waals surface area contributed by atoms with Crippen LogP contribution >= 0.6 is 11.8 Å². The Morgan fingerprint density at radius 3 is 2.00 bits per heavy atom. The smallest absolute Gasteiger partial charge is 0.325 e. The summed E-state index contributed by atoms with van der Waals surface area (Å²) in [6, 6.07) is -4.68. The van der Waals surface area contributed by atoms with Crippen LogP contribution in [-0.2, 0) is 24.0 Å². The van der Waals surface area contributed by atoms with Crippen molar-refractivity contribution in [3.63, 3.8) is 0 Å². The lowest BCUT2D eigenvalue weighted by atomic mass is 10.1. The van der Waals surface area contributed by atoms with Crippen molar-refractivity contribution in [2.75, 3.05) is 18.6 Å². The highest BCUT2D eigenvalue weighted by Crippen LogP contribution is 2.05. The molecule has 4 unspecified atom stereocenters. The zero-order valence-electron chi connectivity index (χ0n) is 17.8. The summed E-state index contributed by atoms with van der Waals surface area (Å²) >= 11 is 1.43. The highest BCUT2D eigenvalue weighted by atomic mass is 32.2. The van der Waals surface area contributed by atoms with E-state index in [1.807, 2.05) is 6.26 Å². The van der Waals surface area contributed by atoms with Crippen LogP contribution in [-0.4, -0.2) is 82.6 Å². The van der Waals surface area contributed by atoms with E-state index in [-0.39, 0.29) is 6.42 Å².